The Morgan fingerprint density at radius 3 is 2.87 bits per heavy atom. The molecule has 1 aromatic rings. The number of hydrogen-bond donors (Lipinski definition) is 1. The Hall–Kier alpha value is -1.32. The molecule has 3 nitrogen and oxygen atoms in total. The number of rotatable bonds is 6. The summed E-state index contributed by atoms with van der Waals surface area (Å²) in [5, 5.41) is 11.7. The van der Waals surface area contributed by atoms with Crippen LogP contribution < -0.4 is 4.74 Å². The maximum absolute atomic E-state index is 11.7. The summed E-state index contributed by atoms with van der Waals surface area (Å²) in [5.74, 6) is 0.820. The summed E-state index contributed by atoms with van der Waals surface area (Å²) in [6, 6.07) is 6.09. The maximum Gasteiger partial charge on any atom is 0.188 e. The van der Waals surface area contributed by atoms with Gasteiger partial charge < -0.3 is 14.6 Å². The Bertz CT molecular complexity index is 607. The van der Waals surface area contributed by atoms with Crippen LogP contribution in [0.15, 0.2) is 29.8 Å². The van der Waals surface area contributed by atoms with Gasteiger partial charge in [0.2, 0.25) is 0 Å². The van der Waals surface area contributed by atoms with Gasteiger partial charge in [-0.25, -0.2) is 0 Å². The Balaban J connectivity index is 2.01. The summed E-state index contributed by atoms with van der Waals surface area (Å²) in [5.41, 5.74) is 2.56. The van der Waals surface area contributed by atoms with Crippen LogP contribution in [0.5, 0.6) is 5.75 Å². The van der Waals surface area contributed by atoms with E-state index in [0.29, 0.717) is 0 Å². The predicted octanol–water partition coefficient (Wildman–Crippen LogP) is 4.33. The first-order valence-corrected chi connectivity index (χ1v) is 8.72. The SMILES string of the molecule is CCCC[C@@]12CCC=C(C)[C@]1(O)c1ccc(OCOC)cc1C2. The molecule has 2 aliphatic carbocycles. The van der Waals surface area contributed by atoms with Crippen molar-refractivity contribution in [3.8, 4) is 5.75 Å². The Morgan fingerprint density at radius 1 is 1.30 bits per heavy atom. The second kappa shape index (κ2) is 6.29. The van der Waals surface area contributed by atoms with Crippen molar-refractivity contribution in [1.29, 1.82) is 0 Å². The van der Waals surface area contributed by atoms with Gasteiger partial charge in [0.1, 0.15) is 11.4 Å². The number of ether oxygens (including phenoxy) is 2. The van der Waals surface area contributed by atoms with Crippen molar-refractivity contribution in [1.82, 2.24) is 0 Å². The molecule has 126 valence electrons. The minimum absolute atomic E-state index is 0.0515. The number of fused-ring (bicyclic) bond motifs is 3. The van der Waals surface area contributed by atoms with E-state index in [1.807, 2.05) is 6.07 Å². The topological polar surface area (TPSA) is 38.7 Å². The molecule has 1 N–H and O–H groups in total. The van der Waals surface area contributed by atoms with Gasteiger partial charge in [0.25, 0.3) is 0 Å². The van der Waals surface area contributed by atoms with Gasteiger partial charge >= 0.3 is 0 Å². The van der Waals surface area contributed by atoms with Crippen LogP contribution in [0.4, 0.5) is 0 Å². The third kappa shape index (κ3) is 2.50. The first-order chi connectivity index (χ1) is 11.1. The Labute approximate surface area is 139 Å². The molecule has 0 radical (unpaired) electrons. The second-order valence-electron chi connectivity index (χ2n) is 7.07. The van der Waals surface area contributed by atoms with Gasteiger partial charge in [-0.05, 0) is 61.4 Å². The van der Waals surface area contributed by atoms with E-state index in [-0.39, 0.29) is 12.2 Å². The monoisotopic (exact) mass is 316 g/mol. The normalized spacial score (nSPS) is 29.0. The van der Waals surface area contributed by atoms with Gasteiger partial charge in [-0.3, -0.25) is 0 Å². The molecular formula is C20H28O3. The van der Waals surface area contributed by atoms with Crippen LogP contribution in [0.1, 0.15) is 57.1 Å². The molecule has 0 aliphatic heterocycles. The third-order valence-electron chi connectivity index (χ3n) is 5.76. The predicted molar refractivity (Wildman–Crippen MR) is 91.5 cm³/mol. The second-order valence-corrected chi connectivity index (χ2v) is 7.07. The molecule has 0 bridgehead atoms. The van der Waals surface area contributed by atoms with E-state index in [2.05, 4.69) is 32.1 Å². The Kier molecular flexibility index (Phi) is 4.52. The lowest BCUT2D eigenvalue weighted by Gasteiger charge is -2.47. The van der Waals surface area contributed by atoms with Crippen LogP contribution in [0.3, 0.4) is 0 Å². The van der Waals surface area contributed by atoms with Crippen molar-refractivity contribution in [2.24, 2.45) is 5.41 Å². The van der Waals surface area contributed by atoms with Gasteiger partial charge in [-0.2, -0.15) is 0 Å². The van der Waals surface area contributed by atoms with E-state index in [4.69, 9.17) is 9.47 Å². The highest BCUT2D eigenvalue weighted by atomic mass is 16.7. The minimum atomic E-state index is -0.810. The molecule has 2 aliphatic rings. The zero-order chi connectivity index (χ0) is 16.5. The Morgan fingerprint density at radius 2 is 2.13 bits per heavy atom. The van der Waals surface area contributed by atoms with Gasteiger partial charge in [-0.15, -0.1) is 0 Å². The number of allylic oxidation sites excluding steroid dienone is 1. The van der Waals surface area contributed by atoms with Gasteiger partial charge in [0, 0.05) is 12.5 Å². The molecule has 2 atom stereocenters. The van der Waals surface area contributed by atoms with Crippen molar-refractivity contribution < 1.29 is 14.6 Å². The highest BCUT2D eigenvalue weighted by molar-refractivity contribution is 5.51. The van der Waals surface area contributed by atoms with E-state index in [0.717, 1.165) is 49.0 Å². The van der Waals surface area contributed by atoms with E-state index < -0.39 is 5.60 Å². The standard InChI is InChI=1S/C20H28O3/c1-4-5-10-19-11-6-7-15(2)20(19,21)18-9-8-17(23-14-22-3)12-16(18)13-19/h7-9,12,21H,4-6,10-11,13-14H2,1-3H3/t19-,20-/m0/s1. The fraction of sp³-hybridized carbons (Fsp3) is 0.600. The van der Waals surface area contributed by atoms with Crippen LogP contribution in [-0.4, -0.2) is 19.0 Å². The van der Waals surface area contributed by atoms with Crippen LogP contribution in [-0.2, 0) is 16.8 Å². The van der Waals surface area contributed by atoms with Crippen molar-refractivity contribution in [2.45, 2.75) is 58.0 Å². The van der Waals surface area contributed by atoms with Crippen LogP contribution in [0, 0.1) is 5.41 Å². The van der Waals surface area contributed by atoms with Crippen molar-refractivity contribution in [2.75, 3.05) is 13.9 Å². The number of hydrogen-bond acceptors (Lipinski definition) is 3. The van der Waals surface area contributed by atoms with Crippen LogP contribution in [0.25, 0.3) is 0 Å². The van der Waals surface area contributed by atoms with Crippen molar-refractivity contribution >= 4 is 0 Å². The highest BCUT2D eigenvalue weighted by Crippen LogP contribution is 2.61. The number of benzene rings is 1. The van der Waals surface area contributed by atoms with E-state index >= 15 is 0 Å². The average Bonchev–Trinajstić information content (AvgIpc) is 2.81. The van der Waals surface area contributed by atoms with Crippen LogP contribution >= 0.6 is 0 Å². The molecule has 0 amide bonds. The largest absolute Gasteiger partial charge is 0.468 e. The molecule has 0 unspecified atom stereocenters. The van der Waals surface area contributed by atoms with Crippen LogP contribution in [0.2, 0.25) is 0 Å². The average molecular weight is 316 g/mol. The number of unbranched alkanes of at least 4 members (excludes halogenated alkanes) is 1. The zero-order valence-corrected chi connectivity index (χ0v) is 14.5. The maximum atomic E-state index is 11.7. The third-order valence-corrected chi connectivity index (χ3v) is 5.76. The van der Waals surface area contributed by atoms with Crippen molar-refractivity contribution in [3.05, 3.63) is 41.0 Å². The molecule has 0 saturated heterocycles. The minimum Gasteiger partial charge on any atom is -0.468 e. The van der Waals surface area contributed by atoms with Gasteiger partial charge in [0.05, 0.1) is 0 Å². The molecular weight excluding hydrogens is 288 g/mol. The summed E-state index contributed by atoms with van der Waals surface area (Å²) in [6.07, 6.45) is 8.69. The first-order valence-electron chi connectivity index (χ1n) is 8.72. The van der Waals surface area contributed by atoms with E-state index in [1.165, 1.54) is 12.0 Å². The first kappa shape index (κ1) is 16.5. The lowest BCUT2D eigenvalue weighted by Crippen LogP contribution is -2.45. The zero-order valence-electron chi connectivity index (χ0n) is 14.5. The molecule has 1 aromatic carbocycles. The molecule has 3 rings (SSSR count). The quantitative estimate of drug-likeness (QED) is 0.627. The highest BCUT2D eigenvalue weighted by Gasteiger charge is 2.57. The summed E-state index contributed by atoms with van der Waals surface area (Å²) in [4.78, 5) is 0. The number of methoxy groups -OCH3 is 1. The van der Waals surface area contributed by atoms with E-state index in [9.17, 15) is 5.11 Å². The van der Waals surface area contributed by atoms with E-state index in [1.54, 1.807) is 7.11 Å². The molecule has 3 heteroatoms. The van der Waals surface area contributed by atoms with Gasteiger partial charge in [-0.1, -0.05) is 31.9 Å². The number of aliphatic hydroxyl groups is 1. The molecule has 0 heterocycles. The lowest BCUT2D eigenvalue weighted by atomic mass is 9.61. The molecule has 23 heavy (non-hydrogen) atoms. The summed E-state index contributed by atoms with van der Waals surface area (Å²) in [6.45, 7) is 4.56. The summed E-state index contributed by atoms with van der Waals surface area (Å²) < 4.78 is 10.6. The summed E-state index contributed by atoms with van der Waals surface area (Å²) >= 11 is 0. The van der Waals surface area contributed by atoms with Crippen molar-refractivity contribution in [3.63, 3.8) is 0 Å². The molecule has 0 saturated carbocycles. The van der Waals surface area contributed by atoms with Gasteiger partial charge in [0.15, 0.2) is 6.79 Å². The smallest absolute Gasteiger partial charge is 0.188 e. The fourth-order valence-electron chi connectivity index (χ4n) is 4.59. The molecule has 0 aromatic heterocycles. The lowest BCUT2D eigenvalue weighted by molar-refractivity contribution is -0.0642. The molecule has 0 fully saturated rings. The molecule has 0 spiro atoms. The fourth-order valence-corrected chi connectivity index (χ4v) is 4.59. The summed E-state index contributed by atoms with van der Waals surface area (Å²) in [7, 11) is 1.62.